The lowest BCUT2D eigenvalue weighted by Crippen LogP contribution is -2.37. The van der Waals surface area contributed by atoms with Gasteiger partial charge in [-0.3, -0.25) is 19.4 Å². The number of halogens is 7. The smallest absolute Gasteiger partial charge is 0.293 e. The maximum Gasteiger partial charge on any atom is 0.293 e. The maximum absolute atomic E-state index is 16.0. The number of carbonyl (C=O) groups excluding carboxylic acids is 1. The monoisotopic (exact) mass is 784 g/mol. The van der Waals surface area contributed by atoms with Crippen LogP contribution in [0.1, 0.15) is 77.5 Å². The molecule has 4 N–H and O–H groups in total. The van der Waals surface area contributed by atoms with E-state index < -0.39 is 82.7 Å². The van der Waals surface area contributed by atoms with Gasteiger partial charge in [-0.1, -0.05) is 23.6 Å². The van der Waals surface area contributed by atoms with Crippen LogP contribution in [0.3, 0.4) is 0 Å². The number of benzene rings is 2. The molecule has 10 nitrogen and oxygen atoms in total. The highest BCUT2D eigenvalue weighted by Gasteiger charge is 2.67. The van der Waals surface area contributed by atoms with Crippen LogP contribution >= 0.6 is 11.6 Å². The number of carbonyl (C=O) groups is 1. The van der Waals surface area contributed by atoms with Crippen molar-refractivity contribution in [3.63, 3.8) is 0 Å². The molecule has 0 radical (unpaired) electrons. The number of ether oxygens (including phenoxy) is 1. The van der Waals surface area contributed by atoms with Gasteiger partial charge in [-0.25, -0.2) is 27.2 Å². The third kappa shape index (κ3) is 6.27. The highest BCUT2D eigenvalue weighted by Crippen LogP contribution is 2.68. The van der Waals surface area contributed by atoms with Gasteiger partial charge in [0, 0.05) is 54.5 Å². The molecule has 55 heavy (non-hydrogen) atoms. The summed E-state index contributed by atoms with van der Waals surface area (Å²) < 4.78 is 97.8. The van der Waals surface area contributed by atoms with E-state index in [4.69, 9.17) is 27.1 Å². The number of aromatic amines is 1. The fourth-order valence-corrected chi connectivity index (χ4v) is 8.37. The van der Waals surface area contributed by atoms with E-state index in [1.807, 2.05) is 0 Å². The Morgan fingerprint density at radius 2 is 1.80 bits per heavy atom. The summed E-state index contributed by atoms with van der Waals surface area (Å²) in [7, 11) is 1.54. The first-order valence-corrected chi connectivity index (χ1v) is 17.7. The Morgan fingerprint density at radius 3 is 2.47 bits per heavy atom. The van der Waals surface area contributed by atoms with E-state index >= 15 is 8.78 Å². The van der Waals surface area contributed by atoms with Gasteiger partial charge in [-0.15, -0.1) is 0 Å². The lowest BCUT2D eigenvalue weighted by Gasteiger charge is -2.29. The van der Waals surface area contributed by atoms with Crippen molar-refractivity contribution in [1.82, 2.24) is 24.5 Å². The fraction of sp³-hybridized carbons (Fsp3) is 0.368. The zero-order chi connectivity index (χ0) is 39.1. The number of nitrogens with two attached hydrogens (primary N) is 1. The summed E-state index contributed by atoms with van der Waals surface area (Å²) in [4.78, 5) is 31.5. The molecule has 8 rings (SSSR count). The van der Waals surface area contributed by atoms with Gasteiger partial charge in [0.25, 0.3) is 17.9 Å². The van der Waals surface area contributed by atoms with Gasteiger partial charge in [0.2, 0.25) is 5.91 Å². The number of hydrogen-bond acceptors (Lipinski definition) is 6. The average molecular weight is 785 g/mol. The molecule has 3 aromatic heterocycles. The number of primary amides is 1. The molecular formula is C38H31ClF6N6O4. The van der Waals surface area contributed by atoms with E-state index in [1.54, 1.807) is 6.07 Å². The highest BCUT2D eigenvalue weighted by atomic mass is 35.5. The largest absolute Gasteiger partial charge is 0.381 e. The Bertz CT molecular complexity index is 2500. The van der Waals surface area contributed by atoms with Crippen molar-refractivity contribution in [2.45, 2.75) is 61.5 Å². The number of nitrogens with one attached hydrogen (secondary N) is 1. The van der Waals surface area contributed by atoms with Crippen LogP contribution < -0.4 is 11.3 Å². The summed E-state index contributed by atoms with van der Waals surface area (Å²) in [6, 6.07) is 6.57. The predicted octanol–water partition coefficient (Wildman–Crippen LogP) is 6.15. The van der Waals surface area contributed by atoms with Crippen molar-refractivity contribution < 1.29 is 41.0 Å². The van der Waals surface area contributed by atoms with E-state index in [1.165, 1.54) is 29.9 Å². The lowest BCUT2D eigenvalue weighted by atomic mass is 9.84. The van der Waals surface area contributed by atoms with E-state index in [-0.39, 0.29) is 76.5 Å². The number of pyridine rings is 1. The molecule has 1 amide bonds. The molecule has 286 valence electrons. The summed E-state index contributed by atoms with van der Waals surface area (Å²) in [6.07, 6.45) is -3.44. The number of aryl methyl sites for hydroxylation is 1. The summed E-state index contributed by atoms with van der Waals surface area (Å²) in [5.74, 6) is -5.01. The van der Waals surface area contributed by atoms with Crippen LogP contribution in [0.15, 0.2) is 47.3 Å². The maximum atomic E-state index is 16.0. The molecule has 2 aromatic carbocycles. The second kappa shape index (κ2) is 13.3. The Kier molecular flexibility index (Phi) is 8.90. The Hall–Kier alpha value is -5.11. The number of nitrogens with zero attached hydrogens (tertiary/aromatic N) is 4. The van der Waals surface area contributed by atoms with Crippen molar-refractivity contribution in [3.05, 3.63) is 103 Å². The van der Waals surface area contributed by atoms with Gasteiger partial charge in [0.1, 0.15) is 40.4 Å². The van der Waals surface area contributed by atoms with Crippen LogP contribution in [0.2, 0.25) is 5.02 Å². The van der Waals surface area contributed by atoms with E-state index in [0.717, 1.165) is 12.1 Å². The van der Waals surface area contributed by atoms with Gasteiger partial charge < -0.3 is 15.6 Å². The van der Waals surface area contributed by atoms with E-state index in [2.05, 4.69) is 22.0 Å². The van der Waals surface area contributed by atoms with Crippen molar-refractivity contribution in [1.29, 1.82) is 0 Å². The zero-order valence-electron chi connectivity index (χ0n) is 28.9. The van der Waals surface area contributed by atoms with Gasteiger partial charge in [-0.05, 0) is 60.6 Å². The summed E-state index contributed by atoms with van der Waals surface area (Å²) in [5.41, 5.74) is 2.52. The summed E-state index contributed by atoms with van der Waals surface area (Å²) in [5, 5.41) is 17.8. The van der Waals surface area contributed by atoms with Crippen LogP contribution in [0, 0.1) is 29.4 Å². The second-order valence-electron chi connectivity index (χ2n) is 14.2. The SMILES string of the molecule is Cn1[nH]c(=O)c2c(Cl)ccc(-c3ccc(C#CC4(O)CCOCC4)nc3[C@@H](Cc3cc(F)cc(F)c3)C(C(N)=O)n3nc(C(F)F)c4c3C(F)(F)[C@@H]3C[C@H]43)c21. The molecule has 2 aliphatic carbocycles. The van der Waals surface area contributed by atoms with Crippen LogP contribution in [-0.2, 0) is 28.9 Å². The van der Waals surface area contributed by atoms with Gasteiger partial charge in [0.05, 0.1) is 34.8 Å². The van der Waals surface area contributed by atoms with Crippen molar-refractivity contribution in [3.8, 4) is 23.0 Å². The number of H-pyrrole nitrogens is 1. The number of aliphatic hydroxyl groups is 1. The predicted molar refractivity (Wildman–Crippen MR) is 187 cm³/mol. The summed E-state index contributed by atoms with van der Waals surface area (Å²) in [6.45, 7) is 0.497. The Balaban J connectivity index is 1.42. The van der Waals surface area contributed by atoms with Gasteiger partial charge in [0.15, 0.2) is 0 Å². The average Bonchev–Trinajstić information content (AvgIpc) is 3.66. The minimum atomic E-state index is -3.67. The molecule has 4 heterocycles. The van der Waals surface area contributed by atoms with E-state index in [0.29, 0.717) is 16.3 Å². The molecule has 4 atom stereocenters. The first kappa shape index (κ1) is 36.8. The third-order valence-electron chi connectivity index (χ3n) is 10.7. The normalized spacial score (nSPS) is 20.5. The number of alkyl halides is 4. The minimum Gasteiger partial charge on any atom is -0.381 e. The third-order valence-corrected chi connectivity index (χ3v) is 11.0. The molecular weight excluding hydrogens is 754 g/mol. The van der Waals surface area contributed by atoms with Gasteiger partial charge >= 0.3 is 0 Å². The number of fused-ring (bicyclic) bond motifs is 4. The Morgan fingerprint density at radius 1 is 1.11 bits per heavy atom. The molecule has 0 spiro atoms. The molecule has 1 aliphatic heterocycles. The van der Waals surface area contributed by atoms with Crippen LogP contribution in [0.25, 0.3) is 22.0 Å². The molecule has 2 fully saturated rings. The molecule has 1 saturated carbocycles. The standard InChI is InChI=1S/C38H31ClF6N6O4/c1-50-31-22(4-5-26(39)28(31)36(53)49-50)21-3-2-20(6-7-37(54)8-10-55-11-9-37)47-29(21)24(14-17-12-18(40)15-19(41)13-17)32(35(46)52)51-33-27(30(48-51)34(42)43)23-16-25(23)38(33,44)45/h2-5,12-13,15,23-25,32,34,54H,8-11,14,16H2,1H3,(H2,46,52)(H,49,53)/t23-,24+,25+,32?/m0/s1. The molecule has 17 heteroatoms. The first-order valence-electron chi connectivity index (χ1n) is 17.3. The number of hydrogen-bond donors (Lipinski definition) is 3. The van der Waals surface area contributed by atoms with Crippen molar-refractivity contribution in [2.75, 3.05) is 13.2 Å². The van der Waals surface area contributed by atoms with Crippen LogP contribution in [-0.4, -0.2) is 54.4 Å². The number of amides is 1. The molecule has 0 bridgehead atoms. The first-order chi connectivity index (χ1) is 26.1. The van der Waals surface area contributed by atoms with Crippen molar-refractivity contribution >= 4 is 28.4 Å². The number of aromatic nitrogens is 5. The zero-order valence-corrected chi connectivity index (χ0v) is 29.6. The van der Waals surface area contributed by atoms with Crippen LogP contribution in [0.4, 0.5) is 26.3 Å². The minimum absolute atomic E-state index is 0.0241. The fourth-order valence-electron chi connectivity index (χ4n) is 8.13. The topological polar surface area (TPSA) is 141 Å². The lowest BCUT2D eigenvalue weighted by molar-refractivity contribution is -0.122. The molecule has 3 aliphatic rings. The molecule has 1 saturated heterocycles. The second-order valence-corrected chi connectivity index (χ2v) is 14.6. The number of rotatable bonds is 8. The van der Waals surface area contributed by atoms with Gasteiger partial charge in [-0.2, -0.15) is 13.9 Å². The summed E-state index contributed by atoms with van der Waals surface area (Å²) >= 11 is 6.45. The van der Waals surface area contributed by atoms with Crippen molar-refractivity contribution in [2.24, 2.45) is 18.7 Å². The quantitative estimate of drug-likeness (QED) is 0.127. The molecule has 1 unspecified atom stereocenters. The molecule has 5 aromatic rings. The highest BCUT2D eigenvalue weighted by molar-refractivity contribution is 6.35. The Labute approximate surface area is 313 Å². The van der Waals surface area contributed by atoms with E-state index in [9.17, 15) is 32.3 Å². The van der Waals surface area contributed by atoms with Crippen LogP contribution in [0.5, 0.6) is 0 Å².